The van der Waals surface area contributed by atoms with Crippen molar-refractivity contribution in [3.8, 4) is 0 Å². The number of fused-ring (bicyclic) bond motifs is 1. The van der Waals surface area contributed by atoms with Gasteiger partial charge in [-0.25, -0.2) is 14.6 Å². The molecule has 9 nitrogen and oxygen atoms in total. The minimum absolute atomic E-state index is 0.132. The number of nitrogens with zero attached hydrogens (tertiary/aromatic N) is 4. The van der Waals surface area contributed by atoms with Gasteiger partial charge in [0.25, 0.3) is 0 Å². The quantitative estimate of drug-likeness (QED) is 0.626. The Morgan fingerprint density at radius 2 is 1.73 bits per heavy atom. The average Bonchev–Trinajstić information content (AvgIpc) is 3.46. The lowest BCUT2D eigenvalue weighted by Gasteiger charge is -2.33. The fourth-order valence-electron chi connectivity index (χ4n) is 5.54. The molecule has 0 bridgehead atoms. The molecule has 2 N–H and O–H groups in total. The van der Waals surface area contributed by atoms with E-state index >= 15 is 0 Å². The van der Waals surface area contributed by atoms with Crippen molar-refractivity contribution < 1.29 is 32.7 Å². The van der Waals surface area contributed by atoms with Crippen LogP contribution in [0.4, 0.5) is 23.8 Å². The molecule has 0 spiro atoms. The van der Waals surface area contributed by atoms with E-state index in [0.29, 0.717) is 19.0 Å². The van der Waals surface area contributed by atoms with Gasteiger partial charge >= 0.3 is 18.2 Å². The normalized spacial score (nSPS) is 25.6. The Labute approximate surface area is 214 Å². The predicted molar refractivity (Wildman–Crippen MR) is 129 cm³/mol. The second-order valence-electron chi connectivity index (χ2n) is 10.4. The number of carboxylic acids is 1. The highest BCUT2D eigenvalue weighted by atomic mass is 19.4. The van der Waals surface area contributed by atoms with Crippen LogP contribution in [0.5, 0.6) is 0 Å². The van der Waals surface area contributed by atoms with Crippen LogP contribution in [-0.4, -0.2) is 89.8 Å². The van der Waals surface area contributed by atoms with Crippen LogP contribution >= 0.6 is 0 Å². The van der Waals surface area contributed by atoms with E-state index in [2.05, 4.69) is 15.2 Å². The number of halogens is 3. The van der Waals surface area contributed by atoms with Gasteiger partial charge in [-0.15, -0.1) is 0 Å². The number of aliphatic carboxylic acids is 1. The maximum Gasteiger partial charge on any atom is 0.490 e. The Morgan fingerprint density at radius 1 is 1.05 bits per heavy atom. The molecule has 1 aromatic heterocycles. The molecular weight excluding hydrogens is 491 g/mol. The molecule has 1 aliphatic carbocycles. The van der Waals surface area contributed by atoms with Gasteiger partial charge in [-0.3, -0.25) is 4.79 Å². The van der Waals surface area contributed by atoms with E-state index in [-0.39, 0.29) is 17.9 Å². The number of anilines is 1. The molecule has 12 heteroatoms. The van der Waals surface area contributed by atoms with Crippen LogP contribution in [0.1, 0.15) is 38.5 Å². The summed E-state index contributed by atoms with van der Waals surface area (Å²) in [5.74, 6) is -0.845. The molecule has 4 heterocycles. The highest BCUT2D eigenvalue weighted by Crippen LogP contribution is 2.44. The molecule has 4 fully saturated rings. The van der Waals surface area contributed by atoms with Crippen LogP contribution in [0.3, 0.4) is 0 Å². The van der Waals surface area contributed by atoms with Gasteiger partial charge in [-0.1, -0.05) is 6.07 Å². The summed E-state index contributed by atoms with van der Waals surface area (Å²) in [4.78, 5) is 46.3. The number of alkyl halides is 3. The summed E-state index contributed by atoms with van der Waals surface area (Å²) in [5.41, 5.74) is -0.438. The lowest BCUT2D eigenvalue weighted by molar-refractivity contribution is -0.192. The number of carboxylic acid groups (broad SMARTS) is 1. The largest absolute Gasteiger partial charge is 0.490 e. The third-order valence-corrected chi connectivity index (χ3v) is 7.75. The number of pyridine rings is 1. The summed E-state index contributed by atoms with van der Waals surface area (Å²) < 4.78 is 31.7. The lowest BCUT2D eigenvalue weighted by Crippen LogP contribution is -2.49. The molecule has 3 aliphatic heterocycles. The number of carbonyl (C=O) groups excluding carboxylic acids is 2. The average molecular weight is 526 g/mol. The van der Waals surface area contributed by atoms with Crippen LogP contribution in [-0.2, 0) is 9.59 Å². The number of aromatic nitrogens is 1. The topological polar surface area (TPSA) is 106 Å². The highest BCUT2D eigenvalue weighted by Gasteiger charge is 2.54. The number of carbonyl (C=O) groups is 3. The SMILES string of the molecule is O=C(N1CCCC1)N1CCC[C@]2(C(=O)NCC3CC3)CN(c3ccccn3)C[C@@H]2C1.O=C(O)C(F)(F)F. The maximum atomic E-state index is 13.5. The number of urea groups is 1. The first-order chi connectivity index (χ1) is 17.6. The van der Waals surface area contributed by atoms with Crippen molar-refractivity contribution in [3.63, 3.8) is 0 Å². The summed E-state index contributed by atoms with van der Waals surface area (Å²) in [6.07, 6.45) is 3.11. The summed E-state index contributed by atoms with van der Waals surface area (Å²) in [7, 11) is 0. The third-order valence-electron chi connectivity index (χ3n) is 7.75. The highest BCUT2D eigenvalue weighted by molar-refractivity contribution is 5.85. The first kappa shape index (κ1) is 27.0. The second kappa shape index (κ2) is 11.1. The zero-order valence-electron chi connectivity index (χ0n) is 20.8. The van der Waals surface area contributed by atoms with Crippen molar-refractivity contribution in [2.45, 2.75) is 44.7 Å². The molecule has 0 unspecified atom stereocenters. The van der Waals surface area contributed by atoms with Gasteiger partial charge < -0.3 is 25.1 Å². The first-order valence-corrected chi connectivity index (χ1v) is 12.9. The molecule has 4 aliphatic rings. The molecule has 5 rings (SSSR count). The van der Waals surface area contributed by atoms with Crippen molar-refractivity contribution in [1.82, 2.24) is 20.1 Å². The molecule has 204 valence electrons. The maximum absolute atomic E-state index is 13.5. The summed E-state index contributed by atoms with van der Waals surface area (Å²) in [6.45, 7) is 5.42. The minimum atomic E-state index is -5.08. The van der Waals surface area contributed by atoms with Crippen molar-refractivity contribution in [2.24, 2.45) is 17.3 Å². The fourth-order valence-corrected chi connectivity index (χ4v) is 5.54. The van der Waals surface area contributed by atoms with Crippen LogP contribution in [0, 0.1) is 17.3 Å². The van der Waals surface area contributed by atoms with Crippen LogP contribution in [0.25, 0.3) is 0 Å². The Hall–Kier alpha value is -3.05. The molecule has 37 heavy (non-hydrogen) atoms. The lowest BCUT2D eigenvalue weighted by atomic mass is 9.74. The number of nitrogens with one attached hydrogen (secondary N) is 1. The summed E-state index contributed by atoms with van der Waals surface area (Å²) >= 11 is 0. The molecule has 3 saturated heterocycles. The Bertz CT molecular complexity index is 969. The van der Waals surface area contributed by atoms with Gasteiger partial charge in [-0.05, 0) is 56.6 Å². The predicted octanol–water partition coefficient (Wildman–Crippen LogP) is 2.98. The number of amides is 3. The smallest absolute Gasteiger partial charge is 0.475 e. The van der Waals surface area contributed by atoms with Gasteiger partial charge in [0.05, 0.1) is 5.41 Å². The van der Waals surface area contributed by atoms with Gasteiger partial charge in [0.15, 0.2) is 0 Å². The van der Waals surface area contributed by atoms with E-state index in [9.17, 15) is 22.8 Å². The van der Waals surface area contributed by atoms with E-state index < -0.39 is 17.6 Å². The molecule has 3 amide bonds. The molecule has 2 atom stereocenters. The van der Waals surface area contributed by atoms with Crippen LogP contribution in [0.2, 0.25) is 0 Å². The van der Waals surface area contributed by atoms with Crippen LogP contribution < -0.4 is 10.2 Å². The monoisotopic (exact) mass is 525 g/mol. The van der Waals surface area contributed by atoms with E-state index in [1.165, 1.54) is 12.8 Å². The Morgan fingerprint density at radius 3 is 2.32 bits per heavy atom. The number of hydrogen-bond donors (Lipinski definition) is 2. The zero-order valence-corrected chi connectivity index (χ0v) is 20.8. The Kier molecular flexibility index (Phi) is 8.13. The van der Waals surface area contributed by atoms with Crippen molar-refractivity contribution in [1.29, 1.82) is 0 Å². The molecule has 1 aromatic rings. The van der Waals surface area contributed by atoms with E-state index in [1.807, 2.05) is 34.2 Å². The van der Waals surface area contributed by atoms with Crippen molar-refractivity contribution in [3.05, 3.63) is 24.4 Å². The first-order valence-electron chi connectivity index (χ1n) is 12.9. The molecular formula is C25H34F3N5O4. The number of hydrogen-bond acceptors (Lipinski definition) is 5. The number of rotatable bonds is 4. The molecule has 0 aromatic carbocycles. The van der Waals surface area contributed by atoms with Crippen LogP contribution in [0.15, 0.2) is 24.4 Å². The van der Waals surface area contributed by atoms with Crippen molar-refractivity contribution >= 4 is 23.7 Å². The summed E-state index contributed by atoms with van der Waals surface area (Å²) in [5, 5.41) is 10.4. The number of likely N-dealkylation sites (tertiary alicyclic amines) is 2. The van der Waals surface area contributed by atoms with E-state index in [0.717, 1.165) is 64.2 Å². The van der Waals surface area contributed by atoms with Gasteiger partial charge in [0, 0.05) is 57.9 Å². The van der Waals surface area contributed by atoms with Gasteiger partial charge in [-0.2, -0.15) is 13.2 Å². The van der Waals surface area contributed by atoms with E-state index in [4.69, 9.17) is 9.90 Å². The molecule has 0 radical (unpaired) electrons. The van der Waals surface area contributed by atoms with Gasteiger partial charge in [0.1, 0.15) is 5.82 Å². The van der Waals surface area contributed by atoms with E-state index in [1.54, 1.807) is 0 Å². The third kappa shape index (κ3) is 6.45. The Balaban J connectivity index is 0.000000405. The van der Waals surface area contributed by atoms with Gasteiger partial charge in [0.2, 0.25) is 5.91 Å². The molecule has 1 saturated carbocycles. The fraction of sp³-hybridized carbons (Fsp3) is 0.680. The second-order valence-corrected chi connectivity index (χ2v) is 10.4. The standard InChI is InChI=1S/C23H33N5O2.C2HF3O2/c29-21(25-14-18-7-8-18)23-9-5-13-27(22(30)26-11-3-4-12-26)15-19(23)16-28(17-23)20-6-1-2-10-24-20;3-2(4,5)1(6)7/h1-2,6,10,18-19H,3-5,7-9,11-17H2,(H,25,29);(H,6,7)/t19-,23-;/m0./s1. The minimum Gasteiger partial charge on any atom is -0.475 e. The zero-order chi connectivity index (χ0) is 26.6. The summed E-state index contributed by atoms with van der Waals surface area (Å²) in [6, 6.07) is 6.11. The van der Waals surface area contributed by atoms with Crippen molar-refractivity contribution in [2.75, 3.05) is 50.7 Å².